The zero-order valence-corrected chi connectivity index (χ0v) is 18.7. The average Bonchev–Trinajstić information content (AvgIpc) is 2.71. The first-order valence-corrected chi connectivity index (χ1v) is 12.4. The summed E-state index contributed by atoms with van der Waals surface area (Å²) in [6, 6.07) is 9.56. The Bertz CT molecular complexity index is 665. The second-order valence-corrected chi connectivity index (χ2v) is 12.7. The molecule has 156 valence electrons. The van der Waals surface area contributed by atoms with E-state index in [0.29, 0.717) is 0 Å². The molecular weight excluding hydrogens is 369 g/mol. The summed E-state index contributed by atoms with van der Waals surface area (Å²) in [5, 5.41) is -0.0654. The van der Waals surface area contributed by atoms with Crippen molar-refractivity contribution in [3.63, 3.8) is 0 Å². The number of piperidine rings is 2. The Balaban J connectivity index is 1.92. The van der Waals surface area contributed by atoms with Gasteiger partial charge in [0.15, 0.2) is 6.61 Å². The molecule has 0 saturated carbocycles. The first-order valence-electron chi connectivity index (χ1n) is 10.8. The van der Waals surface area contributed by atoms with E-state index < -0.39 is 7.36 Å². The normalized spacial score (nSPS) is 20.0. The number of hydrogen-bond acceptors (Lipinski definition) is 2. The van der Waals surface area contributed by atoms with Crippen LogP contribution in [0.1, 0.15) is 59.3 Å². The highest BCUT2D eigenvalue weighted by Crippen LogP contribution is 2.67. The molecular formula is C22H36N3O2P. The molecule has 1 amide bonds. The summed E-state index contributed by atoms with van der Waals surface area (Å²) < 4.78 is 16.0. The summed E-state index contributed by atoms with van der Waals surface area (Å²) in [5.74, 6) is 0.602. The average molecular weight is 406 g/mol. The third-order valence-electron chi connectivity index (χ3n) is 5.71. The molecule has 0 N–H and O–H groups in total. The van der Waals surface area contributed by atoms with Gasteiger partial charge in [0, 0.05) is 31.3 Å². The number of hydrogen-bond donors (Lipinski definition) is 0. The lowest BCUT2D eigenvalue weighted by atomic mass is 10.2. The highest BCUT2D eigenvalue weighted by molar-refractivity contribution is 7.63. The molecule has 2 saturated heterocycles. The SMILES string of the molecule is CC(C)(C)P(=NC(=O)COc1ccccc1)(N1CCCCC1)N1CCCCC1. The Hall–Kier alpha value is -1.16. The predicted octanol–water partition coefficient (Wildman–Crippen LogP) is 5.39. The third kappa shape index (κ3) is 4.87. The van der Waals surface area contributed by atoms with E-state index in [1.165, 1.54) is 38.5 Å². The van der Waals surface area contributed by atoms with Crippen LogP contribution >= 0.6 is 7.36 Å². The van der Waals surface area contributed by atoms with Crippen LogP contribution in [0.5, 0.6) is 5.75 Å². The first kappa shape index (κ1) is 21.5. The van der Waals surface area contributed by atoms with Crippen molar-refractivity contribution in [3.05, 3.63) is 30.3 Å². The number of para-hydroxylation sites is 1. The molecule has 0 atom stereocenters. The summed E-state index contributed by atoms with van der Waals surface area (Å²) in [5.41, 5.74) is 0. The van der Waals surface area contributed by atoms with Crippen LogP contribution in [0.2, 0.25) is 0 Å². The Kier molecular flexibility index (Phi) is 7.36. The number of carbonyl (C=O) groups is 1. The topological polar surface area (TPSA) is 45.1 Å². The van der Waals surface area contributed by atoms with Gasteiger partial charge >= 0.3 is 0 Å². The lowest BCUT2D eigenvalue weighted by Crippen LogP contribution is -2.44. The van der Waals surface area contributed by atoms with Crippen LogP contribution in [0.25, 0.3) is 0 Å². The summed E-state index contributed by atoms with van der Waals surface area (Å²) in [7, 11) is -2.15. The van der Waals surface area contributed by atoms with Crippen molar-refractivity contribution in [2.75, 3.05) is 32.8 Å². The highest BCUT2D eigenvalue weighted by Gasteiger charge is 2.45. The molecule has 0 unspecified atom stereocenters. The molecule has 0 radical (unpaired) electrons. The second kappa shape index (κ2) is 9.56. The maximum Gasteiger partial charge on any atom is 0.284 e. The summed E-state index contributed by atoms with van der Waals surface area (Å²) in [4.78, 5) is 13.0. The molecule has 0 bridgehead atoms. The molecule has 2 aliphatic rings. The molecule has 28 heavy (non-hydrogen) atoms. The highest BCUT2D eigenvalue weighted by atomic mass is 31.2. The Labute approximate surface area is 170 Å². The van der Waals surface area contributed by atoms with Crippen molar-refractivity contribution < 1.29 is 9.53 Å². The first-order chi connectivity index (χ1) is 13.4. The number of amides is 1. The van der Waals surface area contributed by atoms with Crippen molar-refractivity contribution in [2.24, 2.45) is 4.74 Å². The largest absolute Gasteiger partial charge is 0.484 e. The molecule has 0 spiro atoms. The molecule has 1 aromatic rings. The number of carbonyl (C=O) groups excluding carboxylic acids is 1. The van der Waals surface area contributed by atoms with E-state index in [-0.39, 0.29) is 17.7 Å². The van der Waals surface area contributed by atoms with Gasteiger partial charge in [-0.15, -0.1) is 0 Å². The number of rotatable bonds is 5. The quantitative estimate of drug-likeness (QED) is 0.616. The molecule has 2 heterocycles. The van der Waals surface area contributed by atoms with Gasteiger partial charge in [-0.25, -0.2) is 0 Å². The minimum absolute atomic E-state index is 0.0174. The van der Waals surface area contributed by atoms with E-state index in [1.807, 2.05) is 30.3 Å². The van der Waals surface area contributed by atoms with Crippen molar-refractivity contribution in [1.29, 1.82) is 0 Å². The third-order valence-corrected chi connectivity index (χ3v) is 10.4. The summed E-state index contributed by atoms with van der Waals surface area (Å²) >= 11 is 0. The Morgan fingerprint density at radius 1 is 0.929 bits per heavy atom. The van der Waals surface area contributed by atoms with Gasteiger partial charge in [-0.2, -0.15) is 4.74 Å². The predicted molar refractivity (Wildman–Crippen MR) is 117 cm³/mol. The molecule has 1 aromatic carbocycles. The summed E-state index contributed by atoms with van der Waals surface area (Å²) in [6.07, 6.45) is 7.38. The van der Waals surface area contributed by atoms with Gasteiger partial charge in [-0.1, -0.05) is 51.8 Å². The van der Waals surface area contributed by atoms with Gasteiger partial charge in [-0.05, 0) is 37.8 Å². The van der Waals surface area contributed by atoms with Crippen molar-refractivity contribution in [1.82, 2.24) is 9.34 Å². The fourth-order valence-corrected chi connectivity index (χ4v) is 9.12. The lowest BCUT2D eigenvalue weighted by molar-refractivity contribution is -0.119. The molecule has 2 aliphatic heterocycles. The second-order valence-electron chi connectivity index (χ2n) is 8.86. The number of ether oxygens (including phenoxy) is 1. The van der Waals surface area contributed by atoms with Crippen LogP contribution < -0.4 is 4.74 Å². The molecule has 3 rings (SSSR count). The molecule has 5 nitrogen and oxygen atoms in total. The fraction of sp³-hybridized carbons (Fsp3) is 0.682. The minimum atomic E-state index is -2.15. The van der Waals surface area contributed by atoms with Gasteiger partial charge < -0.3 is 4.74 Å². The van der Waals surface area contributed by atoms with Gasteiger partial charge in [0.25, 0.3) is 5.91 Å². The van der Waals surface area contributed by atoms with Gasteiger partial charge in [-0.3, -0.25) is 14.1 Å². The van der Waals surface area contributed by atoms with E-state index in [4.69, 9.17) is 9.48 Å². The molecule has 6 heteroatoms. The molecule has 0 aromatic heterocycles. The van der Waals surface area contributed by atoms with Crippen molar-refractivity contribution in [2.45, 2.75) is 64.5 Å². The Morgan fingerprint density at radius 3 is 1.89 bits per heavy atom. The van der Waals surface area contributed by atoms with Gasteiger partial charge in [0.1, 0.15) is 13.1 Å². The minimum Gasteiger partial charge on any atom is -0.484 e. The monoisotopic (exact) mass is 405 g/mol. The van der Waals surface area contributed by atoms with Crippen LogP contribution in [0.3, 0.4) is 0 Å². The van der Waals surface area contributed by atoms with Gasteiger partial charge in [0.2, 0.25) is 0 Å². The molecule has 2 fully saturated rings. The van der Waals surface area contributed by atoms with Crippen molar-refractivity contribution in [3.8, 4) is 5.75 Å². The van der Waals surface area contributed by atoms with Crippen LogP contribution in [-0.2, 0) is 4.79 Å². The van der Waals surface area contributed by atoms with E-state index in [1.54, 1.807) is 0 Å². The van der Waals surface area contributed by atoms with Crippen LogP contribution in [-0.4, -0.2) is 53.2 Å². The number of nitrogens with zero attached hydrogens (tertiary/aromatic N) is 3. The van der Waals surface area contributed by atoms with E-state index >= 15 is 0 Å². The standard InChI is InChI=1S/C22H36N3O2P/c1-22(2,3)28(24-15-9-5-10-16-24,25-17-11-6-12-18-25)23-21(26)19-27-20-13-7-4-8-14-20/h4,7-8,13-14H,5-6,9-12,15-19H2,1-3H3. The van der Waals surface area contributed by atoms with Crippen LogP contribution in [0, 0.1) is 0 Å². The van der Waals surface area contributed by atoms with Crippen LogP contribution in [0.15, 0.2) is 35.1 Å². The fourth-order valence-electron chi connectivity index (χ4n) is 4.46. The van der Waals surface area contributed by atoms with Gasteiger partial charge in [0.05, 0.1) is 0 Å². The molecule has 0 aliphatic carbocycles. The zero-order chi connectivity index (χ0) is 20.0. The zero-order valence-electron chi connectivity index (χ0n) is 17.8. The lowest BCUT2D eigenvalue weighted by Gasteiger charge is -2.52. The number of benzene rings is 1. The Morgan fingerprint density at radius 2 is 1.43 bits per heavy atom. The maximum absolute atomic E-state index is 13.0. The van der Waals surface area contributed by atoms with E-state index in [0.717, 1.165) is 31.9 Å². The maximum atomic E-state index is 13.0. The van der Waals surface area contributed by atoms with Crippen molar-refractivity contribution >= 4 is 13.3 Å². The smallest absolute Gasteiger partial charge is 0.284 e. The summed E-state index contributed by atoms with van der Waals surface area (Å²) in [6.45, 7) is 11.1. The van der Waals surface area contributed by atoms with E-state index in [9.17, 15) is 4.79 Å². The van der Waals surface area contributed by atoms with Crippen LogP contribution in [0.4, 0.5) is 0 Å². The van der Waals surface area contributed by atoms with E-state index in [2.05, 4.69) is 30.1 Å².